The quantitative estimate of drug-likeness (QED) is 0.552. The van der Waals surface area contributed by atoms with Crippen LogP contribution in [0.1, 0.15) is 21.6 Å². The number of anilines is 1. The molecule has 0 bridgehead atoms. The Kier molecular flexibility index (Phi) is 4.44. The van der Waals surface area contributed by atoms with Crippen molar-refractivity contribution >= 4 is 11.8 Å². The van der Waals surface area contributed by atoms with E-state index in [1.165, 1.54) is 0 Å². The van der Waals surface area contributed by atoms with Gasteiger partial charge in [-0.25, -0.2) is 19.7 Å². The Bertz CT molecular complexity index is 1230. The molecule has 0 amide bonds. The molecule has 0 atom stereocenters. The highest BCUT2D eigenvalue weighted by atomic mass is 16.4. The van der Waals surface area contributed by atoms with E-state index in [0.29, 0.717) is 24.7 Å². The summed E-state index contributed by atoms with van der Waals surface area (Å²) in [5.41, 5.74) is 4.69. The summed E-state index contributed by atoms with van der Waals surface area (Å²) in [6, 6.07) is 22.9. The maximum Gasteiger partial charge on any atom is 0.339 e. The number of fused-ring (bicyclic) bond motifs is 1. The Morgan fingerprint density at radius 2 is 1.53 bits per heavy atom. The normalized spacial score (nSPS) is 12.6. The third kappa shape index (κ3) is 3.28. The van der Waals surface area contributed by atoms with Crippen LogP contribution in [0.5, 0.6) is 0 Å². The highest BCUT2D eigenvalue weighted by Gasteiger charge is 2.27. The number of rotatable bonds is 4. The summed E-state index contributed by atoms with van der Waals surface area (Å²) in [7, 11) is 0. The largest absolute Gasteiger partial charge is 0.478 e. The van der Waals surface area contributed by atoms with Crippen molar-refractivity contribution in [2.45, 2.75) is 13.1 Å². The number of aromatic carboxylic acids is 1. The van der Waals surface area contributed by atoms with Crippen LogP contribution in [-0.2, 0) is 13.1 Å². The summed E-state index contributed by atoms with van der Waals surface area (Å²) in [6.45, 7) is 1.01. The van der Waals surface area contributed by atoms with Crippen LogP contribution in [0.25, 0.3) is 22.6 Å². The SMILES string of the molecule is O=C(O)c1ccc(-c2ccccc2)nc1N1Cc2cnc(-c3ccccc3)nc2C1. The van der Waals surface area contributed by atoms with E-state index in [4.69, 9.17) is 9.97 Å². The number of hydrogen-bond donors (Lipinski definition) is 1. The van der Waals surface area contributed by atoms with E-state index in [9.17, 15) is 9.90 Å². The van der Waals surface area contributed by atoms with Crippen molar-refractivity contribution < 1.29 is 9.90 Å². The number of benzene rings is 2. The minimum absolute atomic E-state index is 0.179. The van der Waals surface area contributed by atoms with Crippen LogP contribution >= 0.6 is 0 Å². The van der Waals surface area contributed by atoms with Crippen LogP contribution in [0.3, 0.4) is 0 Å². The molecule has 3 heterocycles. The van der Waals surface area contributed by atoms with Gasteiger partial charge in [0.1, 0.15) is 11.4 Å². The van der Waals surface area contributed by atoms with E-state index in [2.05, 4.69) is 4.98 Å². The van der Waals surface area contributed by atoms with Crippen molar-refractivity contribution in [2.24, 2.45) is 0 Å². The lowest BCUT2D eigenvalue weighted by atomic mass is 10.1. The summed E-state index contributed by atoms with van der Waals surface area (Å²) in [5.74, 6) is 0.118. The molecular formula is C24H18N4O2. The fourth-order valence-electron chi connectivity index (χ4n) is 3.66. The van der Waals surface area contributed by atoms with Crippen LogP contribution in [0, 0.1) is 0 Å². The van der Waals surface area contributed by atoms with Crippen LogP contribution < -0.4 is 4.90 Å². The zero-order valence-corrected chi connectivity index (χ0v) is 16.1. The number of hydrogen-bond acceptors (Lipinski definition) is 5. The van der Waals surface area contributed by atoms with Gasteiger partial charge in [0.25, 0.3) is 0 Å². The summed E-state index contributed by atoms with van der Waals surface area (Å²) in [6.07, 6.45) is 1.83. The van der Waals surface area contributed by atoms with Crippen molar-refractivity contribution in [3.63, 3.8) is 0 Å². The highest BCUT2D eigenvalue weighted by molar-refractivity contribution is 5.94. The Morgan fingerprint density at radius 1 is 0.833 bits per heavy atom. The summed E-state index contributed by atoms with van der Waals surface area (Å²) in [5, 5.41) is 9.70. The molecule has 6 heteroatoms. The first kappa shape index (κ1) is 18.0. The van der Waals surface area contributed by atoms with E-state index in [1.54, 1.807) is 12.1 Å². The first-order valence-electron chi connectivity index (χ1n) is 9.64. The molecular weight excluding hydrogens is 376 g/mol. The fraction of sp³-hybridized carbons (Fsp3) is 0.0833. The van der Waals surface area contributed by atoms with Gasteiger partial charge < -0.3 is 10.0 Å². The first-order valence-corrected chi connectivity index (χ1v) is 9.64. The minimum atomic E-state index is -0.996. The molecule has 0 saturated heterocycles. The average Bonchev–Trinajstić information content (AvgIpc) is 3.23. The minimum Gasteiger partial charge on any atom is -0.478 e. The number of nitrogens with zero attached hydrogens (tertiary/aromatic N) is 4. The van der Waals surface area contributed by atoms with Crippen LogP contribution in [0.15, 0.2) is 79.0 Å². The predicted molar refractivity (Wildman–Crippen MR) is 114 cm³/mol. The molecule has 2 aromatic heterocycles. The first-order chi connectivity index (χ1) is 14.7. The lowest BCUT2D eigenvalue weighted by Crippen LogP contribution is -2.20. The molecule has 1 N–H and O–H groups in total. The maximum absolute atomic E-state index is 11.8. The van der Waals surface area contributed by atoms with Crippen molar-refractivity contribution in [3.8, 4) is 22.6 Å². The second-order valence-electron chi connectivity index (χ2n) is 7.13. The lowest BCUT2D eigenvalue weighted by molar-refractivity contribution is 0.0697. The standard InChI is InChI=1S/C24H18N4O2/c29-24(30)19-11-12-20(16-7-3-1-4-8-16)27-23(19)28-14-18-13-25-22(26-21(18)15-28)17-9-5-2-6-10-17/h1-13H,14-15H2,(H,29,30). The highest BCUT2D eigenvalue weighted by Crippen LogP contribution is 2.31. The molecule has 1 aliphatic heterocycles. The van der Waals surface area contributed by atoms with E-state index in [-0.39, 0.29) is 5.56 Å². The molecule has 0 unspecified atom stereocenters. The number of carboxylic acid groups (broad SMARTS) is 1. The predicted octanol–water partition coefficient (Wildman–Crippen LogP) is 4.42. The van der Waals surface area contributed by atoms with Crippen molar-refractivity contribution in [3.05, 3.63) is 95.8 Å². The van der Waals surface area contributed by atoms with Crippen molar-refractivity contribution in [1.82, 2.24) is 15.0 Å². The van der Waals surface area contributed by atoms with Gasteiger partial charge in [0, 0.05) is 29.4 Å². The average molecular weight is 394 g/mol. The van der Waals surface area contributed by atoms with Gasteiger partial charge in [0.15, 0.2) is 5.82 Å². The molecule has 6 nitrogen and oxygen atoms in total. The van der Waals surface area contributed by atoms with E-state index >= 15 is 0 Å². The molecule has 0 saturated carbocycles. The van der Waals surface area contributed by atoms with Crippen molar-refractivity contribution in [2.75, 3.05) is 4.90 Å². The second kappa shape index (κ2) is 7.40. The molecule has 0 fully saturated rings. The molecule has 5 rings (SSSR count). The van der Waals surface area contributed by atoms with E-state index < -0.39 is 5.97 Å². The van der Waals surface area contributed by atoms with Crippen LogP contribution in [-0.4, -0.2) is 26.0 Å². The molecule has 0 aliphatic carbocycles. The Hall–Kier alpha value is -4.06. The van der Waals surface area contributed by atoms with Crippen molar-refractivity contribution in [1.29, 1.82) is 0 Å². The summed E-state index contributed by atoms with van der Waals surface area (Å²) < 4.78 is 0. The molecule has 0 spiro atoms. The second-order valence-corrected chi connectivity index (χ2v) is 7.13. The van der Waals surface area contributed by atoms with Gasteiger partial charge in [-0.2, -0.15) is 0 Å². The zero-order valence-electron chi connectivity index (χ0n) is 16.1. The molecule has 0 radical (unpaired) electrons. The number of carboxylic acids is 1. The molecule has 30 heavy (non-hydrogen) atoms. The monoisotopic (exact) mass is 394 g/mol. The third-order valence-electron chi connectivity index (χ3n) is 5.16. The Balaban J connectivity index is 1.51. The third-order valence-corrected chi connectivity index (χ3v) is 5.16. The Morgan fingerprint density at radius 3 is 2.23 bits per heavy atom. The Labute approximate surface area is 173 Å². The van der Waals surface area contributed by atoms with Gasteiger partial charge in [-0.05, 0) is 12.1 Å². The van der Waals surface area contributed by atoms with Gasteiger partial charge in [-0.3, -0.25) is 0 Å². The molecule has 4 aromatic rings. The van der Waals surface area contributed by atoms with Gasteiger partial charge >= 0.3 is 5.97 Å². The summed E-state index contributed by atoms with van der Waals surface area (Å²) in [4.78, 5) is 27.7. The van der Waals surface area contributed by atoms with Gasteiger partial charge in [-0.1, -0.05) is 60.7 Å². The number of carbonyl (C=O) groups is 1. The number of pyridine rings is 1. The molecule has 2 aromatic carbocycles. The van der Waals surface area contributed by atoms with Gasteiger partial charge in [0.2, 0.25) is 0 Å². The smallest absolute Gasteiger partial charge is 0.339 e. The zero-order chi connectivity index (χ0) is 20.5. The fourth-order valence-corrected chi connectivity index (χ4v) is 3.66. The van der Waals surface area contributed by atoms with E-state index in [1.807, 2.05) is 71.8 Å². The van der Waals surface area contributed by atoms with Gasteiger partial charge in [0.05, 0.1) is 17.9 Å². The van der Waals surface area contributed by atoms with Crippen LogP contribution in [0.2, 0.25) is 0 Å². The topological polar surface area (TPSA) is 79.2 Å². The molecule has 1 aliphatic rings. The van der Waals surface area contributed by atoms with Gasteiger partial charge in [-0.15, -0.1) is 0 Å². The summed E-state index contributed by atoms with van der Waals surface area (Å²) >= 11 is 0. The van der Waals surface area contributed by atoms with E-state index in [0.717, 1.165) is 28.1 Å². The maximum atomic E-state index is 11.8. The number of aromatic nitrogens is 3. The lowest BCUT2D eigenvalue weighted by Gasteiger charge is -2.19. The van der Waals surface area contributed by atoms with Crippen LogP contribution in [0.4, 0.5) is 5.82 Å². The molecule has 146 valence electrons.